The lowest BCUT2D eigenvalue weighted by Gasteiger charge is -2.52. The minimum absolute atomic E-state index is 0.0398. The van der Waals surface area contributed by atoms with Crippen molar-refractivity contribution in [2.45, 2.75) is 116 Å². The summed E-state index contributed by atoms with van der Waals surface area (Å²) in [4.78, 5) is 140. The number of cyclic esters (lactones) is 3. The van der Waals surface area contributed by atoms with Gasteiger partial charge in [-0.2, -0.15) is 0 Å². The summed E-state index contributed by atoms with van der Waals surface area (Å²) in [6.07, 6.45) is 2.66. The standard InChI is InChI=1S/C42H45N2O7PSi.C24H30N2O6Si.C21H22N2O6/c1-6-27-49-41(47)40(52(33-16-10-7-11-17-33,34-18-12-8-13-19-34)35-20-14-9-15-21-35)44-36(38(39(44)46)30(2)51-53(3,4)5)29-37(45)31-22-24-32(25-23-31)43-26-28-50-42(43)48;1-6-12-30-23(28)21-18(16-7-9-17(10-8-16)25-11-13-31-24(25)29)14-19-20(22(27)26(19)21)15(2)32-33(3,4)5;1-3-9-28-20(26)18-15(11-16-17(12(2)24)19(25)23(16)18)13-4-6-14(7-5-13)22-8-10-29-21(22)27/h6-25,30,36,38H,1,26-29H2,2-5H3;6-10,15,19-20H,1,11-14H2,2-5H3;3-7,12,16-17,24H,1,8-11H2,2H3/t30-,36-,38-;15-,19-,20-;12-,16-,17-/m111/s1. The first-order valence-electron chi connectivity index (χ1n) is 38.5. The van der Waals surface area contributed by atoms with Crippen LogP contribution in [0.5, 0.6) is 0 Å². The zero-order valence-corrected chi connectivity index (χ0v) is 68.9. The molecule has 0 aromatic heterocycles. The number of amides is 6. The van der Waals surface area contributed by atoms with E-state index in [-0.39, 0.29) is 103 Å². The largest absolute Gasteiger partial charge is 0.457 e. The van der Waals surface area contributed by atoms with Crippen LogP contribution in [0.3, 0.4) is 0 Å². The van der Waals surface area contributed by atoms with Crippen molar-refractivity contribution in [2.75, 3.05) is 74.0 Å². The van der Waals surface area contributed by atoms with E-state index in [0.717, 1.165) is 38.3 Å². The maximum atomic E-state index is 14.9. The van der Waals surface area contributed by atoms with Gasteiger partial charge in [0.05, 0.1) is 73.8 Å². The highest BCUT2D eigenvalue weighted by Gasteiger charge is 2.60. The van der Waals surface area contributed by atoms with Crippen LogP contribution in [0, 0.1) is 17.8 Å². The maximum Gasteiger partial charge on any atom is 0.414 e. The van der Waals surface area contributed by atoms with Crippen LogP contribution in [0.15, 0.2) is 213 Å². The highest BCUT2D eigenvalue weighted by atomic mass is 31.2. The molecule has 0 aliphatic carbocycles. The Hall–Kier alpha value is -11.1. The number of ketones is 1. The zero-order chi connectivity index (χ0) is 82.4. The van der Waals surface area contributed by atoms with E-state index < -0.39 is 77.6 Å². The van der Waals surface area contributed by atoms with Crippen molar-refractivity contribution in [3.05, 3.63) is 230 Å². The van der Waals surface area contributed by atoms with Crippen molar-refractivity contribution in [1.82, 2.24) is 14.7 Å². The number of ether oxygens (including phenoxy) is 6. The second-order valence-electron chi connectivity index (χ2n) is 30.8. The molecule has 6 fully saturated rings. The quantitative estimate of drug-likeness (QED) is 0.00908. The van der Waals surface area contributed by atoms with Gasteiger partial charge in [0.25, 0.3) is 0 Å². The summed E-state index contributed by atoms with van der Waals surface area (Å²) in [5.41, 5.74) is 6.21. The molecule has 0 saturated carbocycles. The smallest absolute Gasteiger partial charge is 0.414 e. The van der Waals surface area contributed by atoms with Gasteiger partial charge in [-0.15, -0.1) is 0 Å². The molecule has 0 bridgehead atoms. The van der Waals surface area contributed by atoms with Gasteiger partial charge >= 0.3 is 36.2 Å². The van der Waals surface area contributed by atoms with E-state index in [1.54, 1.807) is 58.0 Å². The number of Topliss-reactive ketones (excluding diaryl/α,β-unsaturated/α-hetero) is 1. The number of anilines is 3. The van der Waals surface area contributed by atoms with E-state index in [9.17, 15) is 53.1 Å². The van der Waals surface area contributed by atoms with Gasteiger partial charge < -0.3 is 57.1 Å². The third-order valence-corrected chi connectivity index (χ3v) is 27.5. The number of β-lactam (4-membered cyclic amide) rings is 3. The molecule has 0 spiro atoms. The lowest BCUT2D eigenvalue weighted by atomic mass is 9.79. The molecule has 1 N–H and O–H groups in total. The van der Waals surface area contributed by atoms with Crippen molar-refractivity contribution in [2.24, 2.45) is 17.8 Å². The van der Waals surface area contributed by atoms with Gasteiger partial charge in [0.2, 0.25) is 17.7 Å². The fourth-order valence-corrected chi connectivity index (χ4v) is 23.2. The van der Waals surface area contributed by atoms with Gasteiger partial charge in [0, 0.05) is 35.9 Å². The van der Waals surface area contributed by atoms with E-state index in [1.807, 2.05) is 141 Å². The lowest BCUT2D eigenvalue weighted by molar-refractivity contribution is -0.162. The first-order valence-corrected chi connectivity index (χ1v) is 47.1. The third-order valence-electron chi connectivity index (χ3n) is 21.1. The number of carbonyl (C=O) groups excluding carboxylic acids is 10. The highest BCUT2D eigenvalue weighted by molar-refractivity contribution is 7.96. The number of rotatable bonds is 28. The molecule has 9 atom stereocenters. The van der Waals surface area contributed by atoms with Gasteiger partial charge in [-0.25, -0.2) is 28.8 Å². The molecule has 6 saturated heterocycles. The van der Waals surface area contributed by atoms with E-state index in [4.69, 9.17) is 37.3 Å². The summed E-state index contributed by atoms with van der Waals surface area (Å²) < 4.78 is 44.2. The summed E-state index contributed by atoms with van der Waals surface area (Å²) in [7, 11) is -3.97. The van der Waals surface area contributed by atoms with Gasteiger partial charge in [-0.05, 0) is 160 Å². The van der Waals surface area contributed by atoms with Gasteiger partial charge in [0.15, 0.2) is 22.4 Å². The van der Waals surface area contributed by atoms with E-state index >= 15 is 0 Å². The molecule has 115 heavy (non-hydrogen) atoms. The third kappa shape index (κ3) is 17.2. The number of aliphatic hydroxyl groups is 1. The van der Waals surface area contributed by atoms with Crippen LogP contribution < -0.4 is 30.6 Å². The minimum atomic E-state index is -3.17. The van der Waals surface area contributed by atoms with E-state index in [1.165, 1.54) is 32.9 Å². The van der Waals surface area contributed by atoms with E-state index in [2.05, 4.69) is 59.0 Å². The number of esters is 3. The van der Waals surface area contributed by atoms with Crippen LogP contribution in [0.2, 0.25) is 39.3 Å². The summed E-state index contributed by atoms with van der Waals surface area (Å²) in [6.45, 7) is 28.1. The zero-order valence-electron chi connectivity index (χ0n) is 66.0. The van der Waals surface area contributed by atoms with Crippen LogP contribution in [-0.2, 0) is 66.0 Å². The number of carbonyl (C=O) groups is 10. The summed E-state index contributed by atoms with van der Waals surface area (Å²) in [5, 5.41) is 12.5. The Morgan fingerprint density at radius 1 is 0.487 bits per heavy atom. The summed E-state index contributed by atoms with van der Waals surface area (Å²) in [5.74, 6) is -4.20. The van der Waals surface area contributed by atoms with Crippen LogP contribution in [0.25, 0.3) is 11.1 Å². The monoisotopic (exact) mass is 1620 g/mol. The molecule has 28 heteroatoms. The number of benzene rings is 6. The molecular weight excluding hydrogens is 1520 g/mol. The number of fused-ring (bicyclic) bond motifs is 2. The van der Waals surface area contributed by atoms with Crippen molar-refractivity contribution in [1.29, 1.82) is 0 Å². The fraction of sp³-hybridized carbons (Fsp3) is 0.345. The Labute approximate surface area is 671 Å². The molecule has 0 radical (unpaired) electrons. The normalized spacial score (nSPS) is 21.0. The first-order chi connectivity index (χ1) is 55.0. The molecule has 0 unspecified atom stereocenters. The van der Waals surface area contributed by atoms with Gasteiger partial charge in [0.1, 0.15) is 56.5 Å². The fourth-order valence-electron chi connectivity index (χ4n) is 16.3. The molecule has 602 valence electrons. The number of hydrogen-bond acceptors (Lipinski definition) is 19. The van der Waals surface area contributed by atoms with Crippen molar-refractivity contribution in [3.8, 4) is 0 Å². The van der Waals surface area contributed by atoms with Crippen LogP contribution in [-0.4, -0.2) is 197 Å². The number of nitrogens with zero attached hydrogens (tertiary/aromatic N) is 6. The Balaban J connectivity index is 0.000000169. The predicted octanol–water partition coefficient (Wildman–Crippen LogP) is 11.4. The van der Waals surface area contributed by atoms with Crippen LogP contribution >= 0.6 is 6.89 Å². The molecule has 6 aromatic carbocycles. The lowest BCUT2D eigenvalue weighted by Crippen LogP contribution is -2.69. The SMILES string of the molecule is C=CCOC(=O)C(N1C(=O)[C@H]([C@@H](C)O[Si](C)(C)C)[C@H]1CC(=O)c1ccc(N2CCOC2=O)cc1)=P(c1ccccc1)(c1ccccc1)c1ccccc1.C=CCOC(=O)C1=C(c2ccc(N3CCOC3=O)cc2)C[C@@H]2[C@@H]([C@@H](C)O)C(=O)N12.C=CCOC(=O)C1=C(c2ccc(N3CCOC3=O)cc2)C[C@@H]2[C@@H]([C@@H](C)O[Si](C)(C)C)C(=O)N12. The average Bonchev–Trinajstić information content (AvgIpc) is 1.50. The number of likely N-dealkylation sites (tertiary alicyclic amines) is 1. The van der Waals surface area contributed by atoms with Crippen molar-refractivity contribution in [3.63, 3.8) is 0 Å². The van der Waals surface area contributed by atoms with Crippen LogP contribution in [0.4, 0.5) is 31.4 Å². The molecule has 25 nitrogen and oxygen atoms in total. The highest BCUT2D eigenvalue weighted by Crippen LogP contribution is 2.53. The first kappa shape index (κ1) is 83.4. The van der Waals surface area contributed by atoms with Crippen LogP contribution in [0.1, 0.15) is 61.5 Å². The summed E-state index contributed by atoms with van der Waals surface area (Å²) >= 11 is 0. The molecule has 8 heterocycles. The maximum absolute atomic E-state index is 14.9. The average molecular weight is 1620 g/mol. The number of aliphatic hydroxyl groups excluding tert-OH is 1. The van der Waals surface area contributed by atoms with Crippen molar-refractivity contribution >= 4 is 133 Å². The van der Waals surface area contributed by atoms with Crippen molar-refractivity contribution < 1.29 is 90.3 Å². The van der Waals surface area contributed by atoms with Gasteiger partial charge in [-0.3, -0.25) is 33.9 Å². The second kappa shape index (κ2) is 35.4. The molecule has 14 rings (SSSR count). The molecule has 6 aromatic rings. The second-order valence-corrected chi connectivity index (χ2v) is 43.0. The topological polar surface area (TPSA) is 284 Å². The Kier molecular flexibility index (Phi) is 25.6. The molecule has 8 aliphatic rings. The van der Waals surface area contributed by atoms with E-state index in [0.29, 0.717) is 74.8 Å². The summed E-state index contributed by atoms with van der Waals surface area (Å²) in [6, 6.07) is 49.5. The predicted molar refractivity (Wildman–Crippen MR) is 443 cm³/mol. The Morgan fingerprint density at radius 3 is 1.20 bits per heavy atom. The van der Waals surface area contributed by atoms with Gasteiger partial charge in [-0.1, -0.05) is 153 Å². The molecule has 8 aliphatic heterocycles. The molecule has 6 amide bonds. The Bertz CT molecular complexity index is 4770. The number of hydrogen-bond donors (Lipinski definition) is 1. The Morgan fingerprint density at radius 2 is 0.843 bits per heavy atom. The molecular formula is C87H97N6O19PSi2. The minimum Gasteiger partial charge on any atom is -0.457 e.